The average molecular weight is 425 g/mol. The number of anilines is 1. The Morgan fingerprint density at radius 3 is 2.68 bits per heavy atom. The minimum absolute atomic E-state index is 0.0445. The SMILES string of the molecule is COCC(=O)N1CCC[C@@H](c2nc(C)c3c(n2)N(Cc2ccc(OC)cc2)CCC3)C1. The molecule has 0 saturated carbocycles. The summed E-state index contributed by atoms with van der Waals surface area (Å²) in [5.74, 6) is 3.01. The highest BCUT2D eigenvalue weighted by atomic mass is 16.5. The molecule has 31 heavy (non-hydrogen) atoms. The van der Waals surface area contributed by atoms with E-state index in [1.54, 1.807) is 14.2 Å². The second-order valence-corrected chi connectivity index (χ2v) is 8.45. The molecule has 2 aromatic rings. The van der Waals surface area contributed by atoms with Gasteiger partial charge in [0, 0.05) is 50.5 Å². The van der Waals surface area contributed by atoms with Crippen molar-refractivity contribution < 1.29 is 14.3 Å². The van der Waals surface area contributed by atoms with E-state index in [0.29, 0.717) is 6.54 Å². The number of benzene rings is 1. The summed E-state index contributed by atoms with van der Waals surface area (Å²) in [5, 5.41) is 0. The molecule has 7 nitrogen and oxygen atoms in total. The Morgan fingerprint density at radius 1 is 1.13 bits per heavy atom. The Morgan fingerprint density at radius 2 is 1.94 bits per heavy atom. The summed E-state index contributed by atoms with van der Waals surface area (Å²) in [4.78, 5) is 26.5. The fourth-order valence-corrected chi connectivity index (χ4v) is 4.63. The first-order chi connectivity index (χ1) is 15.1. The van der Waals surface area contributed by atoms with Crippen LogP contribution in [0, 0.1) is 6.92 Å². The lowest BCUT2D eigenvalue weighted by atomic mass is 9.96. The van der Waals surface area contributed by atoms with Crippen molar-refractivity contribution in [2.75, 3.05) is 45.4 Å². The van der Waals surface area contributed by atoms with Crippen LogP contribution in [-0.4, -0.2) is 61.2 Å². The lowest BCUT2D eigenvalue weighted by Gasteiger charge is -2.34. The van der Waals surface area contributed by atoms with Crippen LogP contribution in [0.2, 0.25) is 0 Å². The number of methoxy groups -OCH3 is 2. The maximum absolute atomic E-state index is 12.3. The largest absolute Gasteiger partial charge is 0.497 e. The first-order valence-electron chi connectivity index (χ1n) is 11.1. The van der Waals surface area contributed by atoms with Crippen molar-refractivity contribution in [2.24, 2.45) is 0 Å². The fourth-order valence-electron chi connectivity index (χ4n) is 4.63. The van der Waals surface area contributed by atoms with Crippen molar-refractivity contribution in [3.63, 3.8) is 0 Å². The summed E-state index contributed by atoms with van der Waals surface area (Å²) >= 11 is 0. The van der Waals surface area contributed by atoms with Crippen molar-refractivity contribution in [1.82, 2.24) is 14.9 Å². The van der Waals surface area contributed by atoms with Gasteiger partial charge in [-0.05, 0) is 50.3 Å². The van der Waals surface area contributed by atoms with Crippen LogP contribution in [0.25, 0.3) is 0 Å². The molecule has 1 fully saturated rings. The van der Waals surface area contributed by atoms with Crippen LogP contribution >= 0.6 is 0 Å². The van der Waals surface area contributed by atoms with E-state index in [0.717, 1.165) is 68.4 Å². The van der Waals surface area contributed by atoms with Gasteiger partial charge in [-0.1, -0.05) is 12.1 Å². The summed E-state index contributed by atoms with van der Waals surface area (Å²) in [7, 11) is 3.25. The van der Waals surface area contributed by atoms with Crippen LogP contribution in [0.4, 0.5) is 5.82 Å². The van der Waals surface area contributed by atoms with Gasteiger partial charge in [0.15, 0.2) is 0 Å². The summed E-state index contributed by atoms with van der Waals surface area (Å²) < 4.78 is 10.3. The second-order valence-electron chi connectivity index (χ2n) is 8.45. The second kappa shape index (κ2) is 9.64. The van der Waals surface area contributed by atoms with Gasteiger partial charge in [-0.15, -0.1) is 0 Å². The number of hydrogen-bond donors (Lipinski definition) is 0. The Balaban J connectivity index is 1.57. The Kier molecular flexibility index (Phi) is 6.70. The van der Waals surface area contributed by atoms with Crippen LogP contribution in [0.5, 0.6) is 5.75 Å². The molecule has 7 heteroatoms. The molecule has 1 aromatic carbocycles. The number of piperidine rings is 1. The lowest BCUT2D eigenvalue weighted by molar-refractivity contribution is -0.136. The van der Waals surface area contributed by atoms with E-state index in [4.69, 9.17) is 19.4 Å². The van der Waals surface area contributed by atoms with E-state index in [1.165, 1.54) is 11.1 Å². The number of aromatic nitrogens is 2. The van der Waals surface area contributed by atoms with Gasteiger partial charge in [0.1, 0.15) is 24.0 Å². The minimum atomic E-state index is 0.0445. The molecule has 1 aromatic heterocycles. The number of carbonyl (C=O) groups is 1. The molecular weight excluding hydrogens is 392 g/mol. The number of amides is 1. The normalized spacial score (nSPS) is 18.6. The molecule has 0 unspecified atom stereocenters. The fraction of sp³-hybridized carbons (Fsp3) is 0.542. The predicted octanol–water partition coefficient (Wildman–Crippen LogP) is 3.10. The smallest absolute Gasteiger partial charge is 0.248 e. The molecule has 4 rings (SSSR count). The molecule has 166 valence electrons. The Hall–Kier alpha value is -2.67. The van der Waals surface area contributed by atoms with Crippen molar-refractivity contribution in [3.8, 4) is 5.75 Å². The third-order valence-corrected chi connectivity index (χ3v) is 6.30. The monoisotopic (exact) mass is 424 g/mol. The number of rotatable bonds is 6. The van der Waals surface area contributed by atoms with Crippen LogP contribution in [0.1, 0.15) is 47.8 Å². The first-order valence-corrected chi connectivity index (χ1v) is 11.1. The summed E-state index contributed by atoms with van der Waals surface area (Å²) in [6.45, 7) is 5.48. The molecule has 0 N–H and O–H groups in total. The highest BCUT2D eigenvalue weighted by molar-refractivity contribution is 5.77. The summed E-state index contributed by atoms with van der Waals surface area (Å²) in [6, 6.07) is 8.24. The minimum Gasteiger partial charge on any atom is -0.497 e. The van der Waals surface area contributed by atoms with E-state index in [2.05, 4.69) is 24.0 Å². The molecule has 1 saturated heterocycles. The standard InChI is InChI=1S/C24H32N4O3/c1-17-21-7-5-13-28(14-18-8-10-20(31-3)11-9-18)24(21)26-23(25-17)19-6-4-12-27(15-19)22(29)16-30-2/h8-11,19H,4-7,12-16H2,1-3H3/t19-/m1/s1. The third-order valence-electron chi connectivity index (χ3n) is 6.30. The van der Waals surface area contributed by atoms with Crippen LogP contribution in [0.3, 0.4) is 0 Å². The molecule has 1 atom stereocenters. The predicted molar refractivity (Wildman–Crippen MR) is 120 cm³/mol. The Labute approximate surface area is 184 Å². The number of fused-ring (bicyclic) bond motifs is 1. The molecular formula is C24H32N4O3. The van der Waals surface area contributed by atoms with Gasteiger partial charge < -0.3 is 19.3 Å². The average Bonchev–Trinajstić information content (AvgIpc) is 2.80. The topological polar surface area (TPSA) is 67.8 Å². The van der Waals surface area contributed by atoms with Gasteiger partial charge in [0.2, 0.25) is 5.91 Å². The molecule has 0 aliphatic carbocycles. The lowest BCUT2D eigenvalue weighted by Crippen LogP contribution is -2.41. The zero-order valence-corrected chi connectivity index (χ0v) is 18.8. The molecule has 0 spiro atoms. The summed E-state index contributed by atoms with van der Waals surface area (Å²) in [5.41, 5.74) is 3.56. The van der Waals surface area contributed by atoms with Crippen molar-refractivity contribution in [3.05, 3.63) is 46.9 Å². The molecule has 2 aliphatic heterocycles. The number of nitrogens with zero attached hydrogens (tertiary/aromatic N) is 4. The molecule has 0 bridgehead atoms. The number of likely N-dealkylation sites (tertiary alicyclic amines) is 1. The van der Waals surface area contributed by atoms with E-state index >= 15 is 0 Å². The molecule has 0 radical (unpaired) electrons. The van der Waals surface area contributed by atoms with E-state index < -0.39 is 0 Å². The zero-order valence-electron chi connectivity index (χ0n) is 18.8. The van der Waals surface area contributed by atoms with Gasteiger partial charge in [-0.2, -0.15) is 0 Å². The third kappa shape index (κ3) is 4.82. The first kappa shape index (κ1) is 21.6. The Bertz CT molecular complexity index is 916. The van der Waals surface area contributed by atoms with Gasteiger partial charge in [-0.3, -0.25) is 4.79 Å². The van der Waals surface area contributed by atoms with E-state index in [9.17, 15) is 4.79 Å². The van der Waals surface area contributed by atoms with Crippen molar-refractivity contribution >= 4 is 11.7 Å². The van der Waals surface area contributed by atoms with E-state index in [-0.39, 0.29) is 18.4 Å². The quantitative estimate of drug-likeness (QED) is 0.710. The zero-order chi connectivity index (χ0) is 21.8. The highest BCUT2D eigenvalue weighted by Crippen LogP contribution is 2.32. The number of hydrogen-bond acceptors (Lipinski definition) is 6. The van der Waals surface area contributed by atoms with Crippen molar-refractivity contribution in [1.29, 1.82) is 0 Å². The van der Waals surface area contributed by atoms with Crippen molar-refractivity contribution in [2.45, 2.75) is 45.1 Å². The van der Waals surface area contributed by atoms with Gasteiger partial charge in [0.25, 0.3) is 0 Å². The number of aryl methyl sites for hydroxylation is 1. The highest BCUT2D eigenvalue weighted by Gasteiger charge is 2.29. The molecule has 3 heterocycles. The molecule has 2 aliphatic rings. The number of carbonyl (C=O) groups excluding carboxylic acids is 1. The number of ether oxygens (including phenoxy) is 2. The van der Waals surface area contributed by atoms with Crippen LogP contribution in [-0.2, 0) is 22.5 Å². The van der Waals surface area contributed by atoms with Crippen LogP contribution in [0.15, 0.2) is 24.3 Å². The van der Waals surface area contributed by atoms with Crippen LogP contribution < -0.4 is 9.64 Å². The van der Waals surface area contributed by atoms with Gasteiger partial charge >= 0.3 is 0 Å². The maximum Gasteiger partial charge on any atom is 0.248 e. The van der Waals surface area contributed by atoms with Gasteiger partial charge in [-0.25, -0.2) is 9.97 Å². The van der Waals surface area contributed by atoms with Gasteiger partial charge in [0.05, 0.1) is 7.11 Å². The maximum atomic E-state index is 12.3. The molecule has 1 amide bonds. The summed E-state index contributed by atoms with van der Waals surface area (Å²) in [6.07, 6.45) is 4.10. The van der Waals surface area contributed by atoms with E-state index in [1.807, 2.05) is 17.0 Å².